The maximum absolute atomic E-state index is 10.8. The number of amides is 1. The lowest BCUT2D eigenvalue weighted by Crippen LogP contribution is -2.31. The Kier molecular flexibility index (Phi) is 4.14. The van der Waals surface area contributed by atoms with Gasteiger partial charge in [-0.15, -0.1) is 0 Å². The van der Waals surface area contributed by atoms with E-state index >= 15 is 0 Å². The molecule has 0 fully saturated rings. The van der Waals surface area contributed by atoms with Crippen LogP contribution in [0.5, 0.6) is 0 Å². The molecule has 0 spiro atoms. The molecule has 8 heteroatoms. The van der Waals surface area contributed by atoms with Gasteiger partial charge in [-0.1, -0.05) is 65.9 Å². The monoisotopic (exact) mass is 587 g/mol. The van der Waals surface area contributed by atoms with Crippen LogP contribution in [0.15, 0.2) is 39.8 Å². The summed E-state index contributed by atoms with van der Waals surface area (Å²) in [6, 6.07) is -1.63. The van der Waals surface area contributed by atoms with Gasteiger partial charge in [0, 0.05) is 24.1 Å². The predicted molar refractivity (Wildman–Crippen MR) is 130 cm³/mol. The summed E-state index contributed by atoms with van der Waals surface area (Å²) in [6.45, 7) is -0.442. The molecule has 1 heterocycles. The highest BCUT2D eigenvalue weighted by Crippen LogP contribution is 2.30. The fraction of sp³-hybridized carbons (Fsp3) is 0.300. The van der Waals surface area contributed by atoms with E-state index in [9.17, 15) is 4.79 Å². The maximum Gasteiger partial charge on any atom is 0.273 e. The third kappa shape index (κ3) is 6.60. The molecular weight excluding hydrogens is 552 g/mol. The smallest absolute Gasteiger partial charge is 0.273 e. The van der Waals surface area contributed by atoms with Crippen LogP contribution in [0.4, 0.5) is 11.4 Å². The summed E-state index contributed by atoms with van der Waals surface area (Å²) in [7, 11) is 0. The molecule has 3 rings (SSSR count). The van der Waals surface area contributed by atoms with Crippen LogP contribution in [0.3, 0.4) is 0 Å². The van der Waals surface area contributed by atoms with Crippen molar-refractivity contribution in [2.45, 2.75) is 37.7 Å². The van der Waals surface area contributed by atoms with E-state index < -0.39 is 34.6 Å². The third-order valence-electron chi connectivity index (χ3n) is 3.30. The number of nitrogen functional groups attached to an aromatic ring is 2. The van der Waals surface area contributed by atoms with Crippen molar-refractivity contribution in [2.75, 3.05) is 11.5 Å². The van der Waals surface area contributed by atoms with Gasteiger partial charge in [0.1, 0.15) is 0 Å². The van der Waals surface area contributed by atoms with Crippen molar-refractivity contribution in [3.63, 3.8) is 0 Å². The van der Waals surface area contributed by atoms with Crippen molar-refractivity contribution in [3.05, 3.63) is 56.9 Å². The number of para-hydroxylation sites is 1. The number of halogens is 3. The van der Waals surface area contributed by atoms with Crippen LogP contribution >= 0.6 is 47.8 Å². The molecular formula is C20H25Br3N4O. The number of alkyl halides is 2. The van der Waals surface area contributed by atoms with E-state index in [4.69, 9.17) is 23.6 Å². The molecule has 0 aliphatic carbocycles. The molecule has 0 aromatic heterocycles. The van der Waals surface area contributed by atoms with Gasteiger partial charge in [-0.2, -0.15) is 5.10 Å². The second kappa shape index (κ2) is 10.4. The summed E-state index contributed by atoms with van der Waals surface area (Å²) >= 11 is 9.32. The first kappa shape index (κ1) is 11.1. The van der Waals surface area contributed by atoms with Gasteiger partial charge in [0.25, 0.3) is 5.91 Å². The van der Waals surface area contributed by atoms with Gasteiger partial charge in [-0.25, -0.2) is 5.43 Å². The number of rotatable bonds is 1. The Morgan fingerprint density at radius 2 is 1.71 bits per heavy atom. The van der Waals surface area contributed by atoms with Crippen LogP contribution < -0.4 is 16.9 Å². The Morgan fingerprint density at radius 1 is 1.11 bits per heavy atom. The lowest BCUT2D eigenvalue weighted by molar-refractivity contribution is -0.119. The van der Waals surface area contributed by atoms with E-state index in [1.54, 1.807) is 13.8 Å². The summed E-state index contributed by atoms with van der Waals surface area (Å²) < 4.78 is 95.2. The Hall–Kier alpha value is -1.38. The van der Waals surface area contributed by atoms with E-state index in [1.807, 2.05) is 0 Å². The Morgan fingerprint density at radius 3 is 2.18 bits per heavy atom. The van der Waals surface area contributed by atoms with Gasteiger partial charge in [0.05, 0.1) is 12.6 Å². The molecule has 0 saturated heterocycles. The van der Waals surface area contributed by atoms with Crippen molar-refractivity contribution in [1.29, 1.82) is 0 Å². The Balaban J connectivity index is 0.000000321. The molecule has 1 aliphatic rings. The Bertz CT molecular complexity index is 1350. The lowest BCUT2D eigenvalue weighted by atomic mass is 10.1. The zero-order chi connectivity index (χ0) is 32.6. The third-order valence-corrected chi connectivity index (χ3v) is 5.56. The zero-order valence-electron chi connectivity index (χ0n) is 28.0. The number of hydrogen-bond acceptors (Lipinski definition) is 4. The highest BCUT2D eigenvalue weighted by atomic mass is 79.9. The van der Waals surface area contributed by atoms with E-state index in [1.165, 1.54) is 6.92 Å². The van der Waals surface area contributed by atoms with Gasteiger partial charge >= 0.3 is 0 Å². The number of carbonyl (C=O) groups excluding carboxylic acids is 1. The van der Waals surface area contributed by atoms with Gasteiger partial charge in [0.15, 0.2) is 6.06 Å². The second-order valence-corrected chi connectivity index (χ2v) is 9.65. The topological polar surface area (TPSA) is 93.5 Å². The largest absolute Gasteiger partial charge is 0.398 e. The first-order valence-electron chi connectivity index (χ1n) is 13.9. The quantitative estimate of drug-likeness (QED) is 0.302. The van der Waals surface area contributed by atoms with Gasteiger partial charge in [-0.05, 0) is 68.8 Å². The molecule has 2 aromatic carbocycles. The van der Waals surface area contributed by atoms with Crippen LogP contribution in [-0.4, -0.2) is 14.9 Å². The van der Waals surface area contributed by atoms with E-state index in [0.717, 1.165) is 0 Å². The molecule has 5 N–H and O–H groups in total. The fourth-order valence-electron chi connectivity index (χ4n) is 1.56. The molecule has 5 nitrogen and oxygen atoms in total. The predicted octanol–water partition coefficient (Wildman–Crippen LogP) is 5.51. The normalized spacial score (nSPS) is 21.6. The van der Waals surface area contributed by atoms with Crippen LogP contribution in [0.1, 0.15) is 44.3 Å². The minimum Gasteiger partial charge on any atom is -0.398 e. The minimum atomic E-state index is -2.69. The molecule has 0 saturated carbocycles. The highest BCUT2D eigenvalue weighted by molar-refractivity contribution is 9.26. The molecule has 1 amide bonds. The highest BCUT2D eigenvalue weighted by Gasteiger charge is 2.40. The second-order valence-electron chi connectivity index (χ2n) is 5.41. The van der Waals surface area contributed by atoms with Crippen LogP contribution in [-0.2, 0) is 4.79 Å². The van der Waals surface area contributed by atoms with E-state index in [-0.39, 0.29) is 56.7 Å². The van der Waals surface area contributed by atoms with E-state index in [2.05, 4.69) is 58.3 Å². The summed E-state index contributed by atoms with van der Waals surface area (Å²) in [5.74, 6) is -0.181. The van der Waals surface area contributed by atoms with Crippen molar-refractivity contribution < 1.29 is 22.7 Å². The minimum absolute atomic E-state index is 0.00759. The molecule has 0 bridgehead atoms. The average Bonchev–Trinajstić information content (AvgIpc) is 3.06. The SMILES string of the molecule is CC1=NNC(=O)C1(Br)Br.[2H]c1c(C)c(N)c(C([2H])([2H])[2H])c([2H])c1Br.[2H]c1c([2H])c(C)c(N([2H])[2H])c(C([2H])([2H])[2H])c1[2H]. The number of benzene rings is 2. The van der Waals surface area contributed by atoms with Crippen molar-refractivity contribution >= 4 is 70.8 Å². The molecule has 2 aromatic rings. The summed E-state index contributed by atoms with van der Waals surface area (Å²) in [6.07, 6.45) is 0. The first-order valence-corrected chi connectivity index (χ1v) is 9.86. The van der Waals surface area contributed by atoms with Gasteiger partial charge in [-0.3, -0.25) is 4.79 Å². The van der Waals surface area contributed by atoms with Gasteiger partial charge in [0.2, 0.25) is 0 Å². The number of hydrogen-bond donors (Lipinski definition) is 3. The standard InChI is InChI=1S/C8H10BrN.C8H11N.C4H4Br2N2O/c1-5-3-7(9)4-6(2)8(5)10;1-6-4-3-5-7(2)8(6)9;1-2-4(5,6)3(9)8-7-2/h3-4H,10H2,1-2H3;3-5H,9H2,1-2H3;1H3,(H,8,9)/i1D3,3D,4D;1D3,3D,4D,5D;/hD2. The number of nitrogens with one attached hydrogen (secondary N) is 1. The number of nitrogens with zero attached hydrogens (tertiary/aromatic N) is 1. The van der Waals surface area contributed by atoms with Crippen LogP contribution in [0.25, 0.3) is 0 Å². The molecule has 0 atom stereocenters. The Labute approximate surface area is 210 Å². The summed E-state index contributed by atoms with van der Waals surface area (Å²) in [5.41, 5.74) is 8.08. The molecule has 0 unspecified atom stereocenters. The number of carbonyl (C=O) groups is 1. The van der Waals surface area contributed by atoms with Crippen molar-refractivity contribution in [3.8, 4) is 0 Å². The molecule has 1 aliphatic heterocycles. The zero-order valence-corrected chi connectivity index (χ0v) is 19.8. The lowest BCUT2D eigenvalue weighted by Gasteiger charge is -2.07. The fourth-order valence-corrected chi connectivity index (χ4v) is 2.41. The summed E-state index contributed by atoms with van der Waals surface area (Å²) in [4.78, 5) is 10.8. The summed E-state index contributed by atoms with van der Waals surface area (Å²) in [5, 5.41) is 3.69. The number of hydrazone groups is 1. The molecule has 28 heavy (non-hydrogen) atoms. The number of anilines is 2. The first-order chi connectivity index (χ1) is 18.3. The molecule has 152 valence electrons. The maximum atomic E-state index is 10.8. The molecule has 0 radical (unpaired) electrons. The number of nitrogens with two attached hydrogens (primary N) is 2. The average molecular weight is 590 g/mol. The van der Waals surface area contributed by atoms with Gasteiger partial charge < -0.3 is 11.5 Å². The van der Waals surface area contributed by atoms with Crippen molar-refractivity contribution in [1.82, 2.24) is 5.43 Å². The van der Waals surface area contributed by atoms with Crippen molar-refractivity contribution in [2.24, 2.45) is 5.10 Å². The van der Waals surface area contributed by atoms with Crippen LogP contribution in [0.2, 0.25) is 2.82 Å². The van der Waals surface area contributed by atoms with Crippen LogP contribution in [0, 0.1) is 27.6 Å². The van der Waals surface area contributed by atoms with E-state index in [0.29, 0.717) is 11.3 Å².